The number of hydrogen-bond donors (Lipinski definition) is 1. The van der Waals surface area contributed by atoms with Crippen LogP contribution in [-0.2, 0) is 0 Å². The molecule has 0 amide bonds. The van der Waals surface area contributed by atoms with Crippen LogP contribution in [0.1, 0.15) is 17.0 Å². The zero-order valence-electron chi connectivity index (χ0n) is 10.7. The van der Waals surface area contributed by atoms with E-state index in [0.717, 1.165) is 22.6 Å². The van der Waals surface area contributed by atoms with Gasteiger partial charge in [-0.25, -0.2) is 14.4 Å². The van der Waals surface area contributed by atoms with E-state index in [9.17, 15) is 4.39 Å². The summed E-state index contributed by atoms with van der Waals surface area (Å²) in [5, 5.41) is 3.37. The summed E-state index contributed by atoms with van der Waals surface area (Å²) in [5.41, 5.74) is 3.07. The van der Waals surface area contributed by atoms with E-state index in [1.54, 1.807) is 13.0 Å². The number of hydrogen-bond acceptors (Lipinski definition) is 3. The van der Waals surface area contributed by atoms with Gasteiger partial charge in [-0.2, -0.15) is 0 Å². The molecule has 100 valence electrons. The highest BCUT2D eigenvalue weighted by Gasteiger charge is 2.10. The van der Waals surface area contributed by atoms with Crippen LogP contribution in [0.3, 0.4) is 0 Å². The average molecular weight is 345 g/mol. The Bertz CT molecular complexity index is 591. The average Bonchev–Trinajstić information content (AvgIpc) is 2.32. The normalized spacial score (nSPS) is 10.6. The van der Waals surface area contributed by atoms with E-state index < -0.39 is 0 Å². The van der Waals surface area contributed by atoms with E-state index in [-0.39, 0.29) is 5.82 Å². The molecule has 1 aromatic heterocycles. The smallest absolute Gasteiger partial charge is 0.172 e. The molecule has 1 aromatic carbocycles. The Labute approximate surface area is 124 Å². The first-order valence-electron chi connectivity index (χ1n) is 5.62. The molecule has 0 spiro atoms. The molecule has 6 heteroatoms. The largest absolute Gasteiger partial charge is 0.337 e. The van der Waals surface area contributed by atoms with Crippen molar-refractivity contribution in [1.29, 1.82) is 0 Å². The molecule has 1 heterocycles. The molecule has 2 aromatic rings. The van der Waals surface area contributed by atoms with Crippen LogP contribution in [0.25, 0.3) is 0 Å². The maximum Gasteiger partial charge on any atom is 0.172 e. The molecule has 0 bridgehead atoms. The van der Waals surface area contributed by atoms with Gasteiger partial charge < -0.3 is 5.32 Å². The number of nitrogens with one attached hydrogen (secondary N) is 1. The number of nitrogens with zero attached hydrogens (tertiary/aromatic N) is 2. The molecular formula is C13H12BrClFN3. The SMILES string of the molecule is Cc1cc(F)c(Br)cc1Nc1nc(C)c(C)nc1Cl. The van der Waals surface area contributed by atoms with Gasteiger partial charge in [0.15, 0.2) is 11.0 Å². The zero-order chi connectivity index (χ0) is 14.2. The summed E-state index contributed by atoms with van der Waals surface area (Å²) < 4.78 is 13.7. The van der Waals surface area contributed by atoms with Crippen LogP contribution in [0, 0.1) is 26.6 Å². The van der Waals surface area contributed by atoms with Crippen molar-refractivity contribution < 1.29 is 4.39 Å². The third kappa shape index (κ3) is 3.04. The highest BCUT2D eigenvalue weighted by Crippen LogP contribution is 2.28. The molecule has 0 unspecified atom stereocenters. The topological polar surface area (TPSA) is 37.8 Å². The Hall–Kier alpha value is -1.20. The van der Waals surface area contributed by atoms with E-state index in [1.807, 2.05) is 13.8 Å². The highest BCUT2D eigenvalue weighted by molar-refractivity contribution is 9.10. The second-order valence-corrected chi connectivity index (χ2v) is 5.45. The van der Waals surface area contributed by atoms with Crippen molar-refractivity contribution in [3.63, 3.8) is 0 Å². The molecule has 0 saturated heterocycles. The lowest BCUT2D eigenvalue weighted by molar-refractivity contribution is 0.620. The van der Waals surface area contributed by atoms with Crippen molar-refractivity contribution in [3.05, 3.63) is 44.5 Å². The van der Waals surface area contributed by atoms with Gasteiger partial charge in [0.1, 0.15) is 5.82 Å². The summed E-state index contributed by atoms with van der Waals surface area (Å²) in [5.74, 6) is 0.159. The van der Waals surface area contributed by atoms with Gasteiger partial charge in [-0.05, 0) is 54.4 Å². The van der Waals surface area contributed by atoms with Crippen molar-refractivity contribution in [2.45, 2.75) is 20.8 Å². The Balaban J connectivity index is 2.42. The van der Waals surface area contributed by atoms with Gasteiger partial charge in [0.2, 0.25) is 0 Å². The number of aryl methyl sites for hydroxylation is 3. The van der Waals surface area contributed by atoms with Gasteiger partial charge in [-0.3, -0.25) is 0 Å². The summed E-state index contributed by atoms with van der Waals surface area (Å²) >= 11 is 9.21. The van der Waals surface area contributed by atoms with Crippen molar-refractivity contribution >= 4 is 39.0 Å². The number of benzene rings is 1. The van der Waals surface area contributed by atoms with E-state index in [4.69, 9.17) is 11.6 Å². The molecule has 0 fully saturated rings. The van der Waals surface area contributed by atoms with Gasteiger partial charge >= 0.3 is 0 Å². The van der Waals surface area contributed by atoms with Gasteiger partial charge in [0.05, 0.1) is 15.9 Å². The van der Waals surface area contributed by atoms with E-state index in [0.29, 0.717) is 15.4 Å². The van der Waals surface area contributed by atoms with Crippen molar-refractivity contribution in [2.75, 3.05) is 5.32 Å². The molecule has 1 N–H and O–H groups in total. The first kappa shape index (κ1) is 14.2. The maximum atomic E-state index is 13.4. The summed E-state index contributed by atoms with van der Waals surface area (Å²) in [7, 11) is 0. The van der Waals surface area contributed by atoms with E-state index >= 15 is 0 Å². The van der Waals surface area contributed by atoms with Crippen molar-refractivity contribution in [2.24, 2.45) is 0 Å². The van der Waals surface area contributed by atoms with Crippen LogP contribution in [0.4, 0.5) is 15.9 Å². The summed E-state index contributed by atoms with van der Waals surface area (Å²) in [6, 6.07) is 3.09. The second-order valence-electron chi connectivity index (χ2n) is 4.24. The molecule has 0 radical (unpaired) electrons. The predicted molar refractivity (Wildman–Crippen MR) is 78.6 cm³/mol. The van der Waals surface area contributed by atoms with Crippen LogP contribution >= 0.6 is 27.5 Å². The monoisotopic (exact) mass is 343 g/mol. The Kier molecular flexibility index (Phi) is 4.06. The number of anilines is 2. The van der Waals surface area contributed by atoms with E-state index in [1.165, 1.54) is 6.07 Å². The summed E-state index contributed by atoms with van der Waals surface area (Å²) in [6.07, 6.45) is 0. The molecule has 0 aliphatic rings. The third-order valence-electron chi connectivity index (χ3n) is 2.78. The van der Waals surface area contributed by atoms with Gasteiger partial charge in [-0.1, -0.05) is 11.6 Å². The number of halogens is 3. The molecule has 2 rings (SSSR count). The van der Waals surface area contributed by atoms with Crippen LogP contribution in [0.2, 0.25) is 5.15 Å². The second kappa shape index (κ2) is 5.43. The summed E-state index contributed by atoms with van der Waals surface area (Å²) in [4.78, 5) is 8.54. The molecule has 3 nitrogen and oxygen atoms in total. The fourth-order valence-electron chi connectivity index (χ4n) is 1.56. The van der Waals surface area contributed by atoms with Gasteiger partial charge in [0.25, 0.3) is 0 Å². The molecule has 0 atom stereocenters. The fraction of sp³-hybridized carbons (Fsp3) is 0.231. The third-order valence-corrected chi connectivity index (χ3v) is 3.66. The Morgan fingerprint density at radius 1 is 1.16 bits per heavy atom. The van der Waals surface area contributed by atoms with E-state index in [2.05, 4.69) is 31.2 Å². The minimum atomic E-state index is -0.305. The van der Waals surface area contributed by atoms with Crippen LogP contribution in [0.5, 0.6) is 0 Å². The first-order valence-corrected chi connectivity index (χ1v) is 6.79. The fourth-order valence-corrected chi connectivity index (χ4v) is 2.12. The molecule has 19 heavy (non-hydrogen) atoms. The maximum absolute atomic E-state index is 13.4. The first-order chi connectivity index (χ1) is 8.88. The number of aromatic nitrogens is 2. The molecule has 0 saturated carbocycles. The van der Waals surface area contributed by atoms with Crippen molar-refractivity contribution in [3.8, 4) is 0 Å². The van der Waals surface area contributed by atoms with Crippen LogP contribution < -0.4 is 5.32 Å². The minimum absolute atomic E-state index is 0.294. The van der Waals surface area contributed by atoms with Gasteiger partial charge in [0, 0.05) is 5.69 Å². The minimum Gasteiger partial charge on any atom is -0.337 e. The van der Waals surface area contributed by atoms with Crippen LogP contribution in [-0.4, -0.2) is 9.97 Å². The molecule has 0 aliphatic carbocycles. The van der Waals surface area contributed by atoms with Gasteiger partial charge in [-0.15, -0.1) is 0 Å². The molecule has 0 aliphatic heterocycles. The predicted octanol–water partition coefficient (Wildman–Crippen LogP) is 4.70. The lowest BCUT2D eigenvalue weighted by Crippen LogP contribution is -2.02. The quantitative estimate of drug-likeness (QED) is 0.858. The van der Waals surface area contributed by atoms with Crippen LogP contribution in [0.15, 0.2) is 16.6 Å². The summed E-state index contributed by atoms with van der Waals surface area (Å²) in [6.45, 7) is 5.51. The Morgan fingerprint density at radius 2 is 1.79 bits per heavy atom. The zero-order valence-corrected chi connectivity index (χ0v) is 13.0. The lowest BCUT2D eigenvalue weighted by atomic mass is 10.2. The lowest BCUT2D eigenvalue weighted by Gasteiger charge is -2.12. The highest BCUT2D eigenvalue weighted by atomic mass is 79.9. The molecular weight excluding hydrogens is 333 g/mol. The number of rotatable bonds is 2. The Morgan fingerprint density at radius 3 is 2.47 bits per heavy atom. The van der Waals surface area contributed by atoms with Crippen molar-refractivity contribution in [1.82, 2.24) is 9.97 Å². The standard InChI is InChI=1S/C13H12BrClFN3/c1-6-4-10(16)9(14)5-11(6)19-13-12(15)17-7(2)8(3)18-13/h4-5H,1-3H3,(H,18,19).